The number of phenols is 1. The molecule has 136 valence electrons. The van der Waals surface area contributed by atoms with Crippen LogP contribution in [-0.2, 0) is 16.4 Å². The summed E-state index contributed by atoms with van der Waals surface area (Å²) in [6, 6.07) is 6.70. The van der Waals surface area contributed by atoms with E-state index in [0.29, 0.717) is 26.2 Å². The third-order valence-corrected chi connectivity index (χ3v) is 7.55. The highest BCUT2D eigenvalue weighted by Gasteiger charge is 2.31. The number of benzene rings is 1. The highest BCUT2D eigenvalue weighted by Crippen LogP contribution is 2.35. The van der Waals surface area contributed by atoms with E-state index in [1.54, 1.807) is 11.3 Å². The number of phenolic OH excluding ortho intramolecular Hbond substituents is 1. The Morgan fingerprint density at radius 2 is 1.88 bits per heavy atom. The Morgan fingerprint density at radius 3 is 2.52 bits per heavy atom. The van der Waals surface area contributed by atoms with E-state index in [-0.39, 0.29) is 14.9 Å². The number of sulfonamides is 1. The maximum atomic E-state index is 12.8. The summed E-state index contributed by atoms with van der Waals surface area (Å²) in [6.07, 6.45) is 0.967. The van der Waals surface area contributed by atoms with Crippen LogP contribution in [0.15, 0.2) is 34.5 Å². The van der Waals surface area contributed by atoms with Gasteiger partial charge >= 0.3 is 0 Å². The van der Waals surface area contributed by atoms with Gasteiger partial charge in [0.25, 0.3) is 0 Å². The lowest BCUT2D eigenvalue weighted by atomic mass is 10.3. The van der Waals surface area contributed by atoms with Crippen LogP contribution in [0.1, 0.15) is 4.88 Å². The molecule has 0 amide bonds. The van der Waals surface area contributed by atoms with Crippen molar-refractivity contribution in [3.8, 4) is 5.75 Å². The van der Waals surface area contributed by atoms with Crippen LogP contribution in [0.5, 0.6) is 5.75 Å². The quantitative estimate of drug-likeness (QED) is 0.805. The van der Waals surface area contributed by atoms with Gasteiger partial charge in [0.05, 0.1) is 5.02 Å². The number of nitrogens with zero attached hydrogens (tertiary/aromatic N) is 2. The summed E-state index contributed by atoms with van der Waals surface area (Å²) in [4.78, 5) is 3.34. The smallest absolute Gasteiger partial charge is 0.246 e. The molecule has 1 fully saturated rings. The van der Waals surface area contributed by atoms with Gasteiger partial charge in [0.15, 0.2) is 5.75 Å². The lowest BCUT2D eigenvalue weighted by Gasteiger charge is -2.34. The molecule has 1 aromatic carbocycles. The molecule has 25 heavy (non-hydrogen) atoms. The second-order valence-electron chi connectivity index (χ2n) is 5.81. The van der Waals surface area contributed by atoms with E-state index in [4.69, 9.17) is 23.2 Å². The first kappa shape index (κ1) is 18.9. The molecule has 0 radical (unpaired) electrons. The average molecular weight is 421 g/mol. The van der Waals surface area contributed by atoms with Gasteiger partial charge in [-0.15, -0.1) is 11.3 Å². The molecule has 0 spiro atoms. The Balaban J connectivity index is 1.65. The zero-order valence-corrected chi connectivity index (χ0v) is 16.5. The molecule has 1 N–H and O–H groups in total. The Hall–Kier alpha value is -0.830. The van der Waals surface area contributed by atoms with Gasteiger partial charge in [0.1, 0.15) is 4.90 Å². The standard InChI is InChI=1S/C16H18Cl2N2O3S2/c17-12-10-14(18)16(21)15(11-12)25(22,23)20-7-5-19(6-8-20)4-3-13-2-1-9-24-13/h1-2,9-11,21H,3-8H2. The fourth-order valence-corrected chi connectivity index (χ4v) is 5.66. The van der Waals surface area contributed by atoms with E-state index >= 15 is 0 Å². The number of piperazine rings is 1. The van der Waals surface area contributed by atoms with Crippen LogP contribution in [-0.4, -0.2) is 55.5 Å². The van der Waals surface area contributed by atoms with Crippen LogP contribution in [0.25, 0.3) is 0 Å². The highest BCUT2D eigenvalue weighted by molar-refractivity contribution is 7.89. The van der Waals surface area contributed by atoms with Crippen molar-refractivity contribution in [2.75, 3.05) is 32.7 Å². The third-order valence-electron chi connectivity index (χ3n) is 4.20. The topological polar surface area (TPSA) is 60.9 Å². The van der Waals surface area contributed by atoms with Crippen molar-refractivity contribution in [2.24, 2.45) is 0 Å². The van der Waals surface area contributed by atoms with Gasteiger partial charge < -0.3 is 10.0 Å². The molecular formula is C16H18Cl2N2O3S2. The molecule has 1 aromatic heterocycles. The predicted octanol–water partition coefficient (Wildman–Crippen LogP) is 3.31. The summed E-state index contributed by atoms with van der Waals surface area (Å²) >= 11 is 13.5. The van der Waals surface area contributed by atoms with Gasteiger partial charge in [0.2, 0.25) is 10.0 Å². The van der Waals surface area contributed by atoms with E-state index in [2.05, 4.69) is 16.3 Å². The van der Waals surface area contributed by atoms with Gasteiger partial charge in [-0.25, -0.2) is 8.42 Å². The van der Waals surface area contributed by atoms with Crippen LogP contribution >= 0.6 is 34.5 Å². The second kappa shape index (κ2) is 7.82. The fourth-order valence-electron chi connectivity index (χ4n) is 2.79. The Kier molecular flexibility index (Phi) is 5.92. The molecule has 1 aliphatic heterocycles. The van der Waals surface area contributed by atoms with Crippen LogP contribution in [0.4, 0.5) is 0 Å². The SMILES string of the molecule is O=S(=O)(c1cc(Cl)cc(Cl)c1O)N1CCN(CCc2cccs2)CC1. The van der Waals surface area contributed by atoms with Crippen LogP contribution in [0.3, 0.4) is 0 Å². The van der Waals surface area contributed by atoms with Crippen molar-refractivity contribution in [2.45, 2.75) is 11.3 Å². The van der Waals surface area contributed by atoms with Crippen LogP contribution < -0.4 is 0 Å². The molecular weight excluding hydrogens is 403 g/mol. The molecule has 3 rings (SSSR count). The molecule has 5 nitrogen and oxygen atoms in total. The van der Waals surface area contributed by atoms with Gasteiger partial charge in [-0.2, -0.15) is 4.31 Å². The van der Waals surface area contributed by atoms with Crippen LogP contribution in [0, 0.1) is 0 Å². The number of hydrogen-bond acceptors (Lipinski definition) is 5. The number of rotatable bonds is 5. The summed E-state index contributed by atoms with van der Waals surface area (Å²) in [6.45, 7) is 2.95. The number of hydrogen-bond donors (Lipinski definition) is 1. The largest absolute Gasteiger partial charge is 0.505 e. The minimum atomic E-state index is -3.83. The molecule has 2 aromatic rings. The Morgan fingerprint density at radius 1 is 1.16 bits per heavy atom. The van der Waals surface area contributed by atoms with Crippen LogP contribution in [0.2, 0.25) is 10.0 Å². The van der Waals surface area contributed by atoms with E-state index in [1.165, 1.54) is 21.3 Å². The fraction of sp³-hybridized carbons (Fsp3) is 0.375. The lowest BCUT2D eigenvalue weighted by Crippen LogP contribution is -2.48. The monoisotopic (exact) mass is 420 g/mol. The molecule has 0 aliphatic carbocycles. The van der Waals surface area contributed by atoms with Crippen molar-refractivity contribution in [1.82, 2.24) is 9.21 Å². The third kappa shape index (κ3) is 4.30. The maximum Gasteiger partial charge on any atom is 0.246 e. The molecule has 1 saturated heterocycles. The first-order valence-corrected chi connectivity index (χ1v) is 10.9. The average Bonchev–Trinajstić information content (AvgIpc) is 3.10. The lowest BCUT2D eigenvalue weighted by molar-refractivity contribution is 0.190. The van der Waals surface area contributed by atoms with Gasteiger partial charge in [-0.3, -0.25) is 0 Å². The van der Waals surface area contributed by atoms with Crippen molar-refractivity contribution >= 4 is 44.6 Å². The van der Waals surface area contributed by atoms with E-state index in [0.717, 1.165) is 13.0 Å². The van der Waals surface area contributed by atoms with Gasteiger partial charge in [-0.1, -0.05) is 29.3 Å². The Labute approximate surface area is 161 Å². The first-order chi connectivity index (χ1) is 11.9. The van der Waals surface area contributed by atoms with Gasteiger partial charge in [0, 0.05) is 42.6 Å². The van der Waals surface area contributed by atoms with E-state index in [1.807, 2.05) is 6.07 Å². The zero-order chi connectivity index (χ0) is 18.0. The van der Waals surface area contributed by atoms with E-state index in [9.17, 15) is 13.5 Å². The summed E-state index contributed by atoms with van der Waals surface area (Å²) in [5, 5.41) is 12.2. The molecule has 0 saturated carbocycles. The maximum absolute atomic E-state index is 12.8. The molecule has 9 heteroatoms. The van der Waals surface area contributed by atoms with Crippen molar-refractivity contribution in [3.05, 3.63) is 44.6 Å². The zero-order valence-electron chi connectivity index (χ0n) is 13.4. The summed E-state index contributed by atoms with van der Waals surface area (Å²) < 4.78 is 27.0. The molecule has 0 bridgehead atoms. The number of aromatic hydroxyl groups is 1. The minimum Gasteiger partial charge on any atom is -0.505 e. The van der Waals surface area contributed by atoms with Crippen molar-refractivity contribution < 1.29 is 13.5 Å². The summed E-state index contributed by atoms with van der Waals surface area (Å²) in [7, 11) is -3.83. The molecule has 0 atom stereocenters. The molecule has 2 heterocycles. The second-order valence-corrected chi connectivity index (χ2v) is 9.59. The minimum absolute atomic E-state index is 0.0688. The van der Waals surface area contributed by atoms with Gasteiger partial charge in [-0.05, 0) is 30.0 Å². The summed E-state index contributed by atoms with van der Waals surface area (Å²) in [5.74, 6) is -0.453. The normalized spacial score (nSPS) is 17.0. The number of thiophene rings is 1. The highest BCUT2D eigenvalue weighted by atomic mass is 35.5. The molecule has 0 unspecified atom stereocenters. The van der Waals surface area contributed by atoms with Crippen molar-refractivity contribution in [1.29, 1.82) is 0 Å². The van der Waals surface area contributed by atoms with E-state index < -0.39 is 15.8 Å². The number of halogens is 2. The Bertz CT molecular complexity index is 833. The molecule has 1 aliphatic rings. The first-order valence-electron chi connectivity index (χ1n) is 7.81. The predicted molar refractivity (Wildman–Crippen MR) is 101 cm³/mol. The summed E-state index contributed by atoms with van der Waals surface area (Å²) in [5.41, 5.74) is 0. The van der Waals surface area contributed by atoms with Crippen molar-refractivity contribution in [3.63, 3.8) is 0 Å².